The number of rotatable bonds is 7. The molecule has 5 heteroatoms. The van der Waals surface area contributed by atoms with E-state index in [1.165, 1.54) is 37.7 Å². The third kappa shape index (κ3) is 4.43. The van der Waals surface area contributed by atoms with Crippen LogP contribution in [0.1, 0.15) is 44.6 Å². The second kappa shape index (κ2) is 8.35. The highest BCUT2D eigenvalue weighted by atomic mass is 32.2. The molecule has 0 aromatic heterocycles. The molecule has 0 saturated heterocycles. The molecule has 0 radical (unpaired) electrons. The van der Waals surface area contributed by atoms with Crippen LogP contribution in [0.2, 0.25) is 0 Å². The van der Waals surface area contributed by atoms with Crippen LogP contribution in [0.3, 0.4) is 0 Å². The summed E-state index contributed by atoms with van der Waals surface area (Å²) in [4.78, 5) is 4.95. The predicted octanol–water partition coefficient (Wildman–Crippen LogP) is 3.57. The van der Waals surface area contributed by atoms with Crippen molar-refractivity contribution in [1.29, 1.82) is 0 Å². The number of aliphatic imine (C=N–C) groups is 1. The average molecular weight is 362 g/mol. The Bertz CT molecular complexity index is 600. The molecule has 4 nitrogen and oxygen atoms in total. The summed E-state index contributed by atoms with van der Waals surface area (Å²) >= 11 is 1.99. The zero-order valence-electron chi connectivity index (χ0n) is 15.7. The number of hydrogen-bond donors (Lipinski definition) is 2. The predicted molar refractivity (Wildman–Crippen MR) is 108 cm³/mol. The minimum absolute atomic E-state index is 0.159. The highest BCUT2D eigenvalue weighted by Gasteiger charge is 2.46. The summed E-state index contributed by atoms with van der Waals surface area (Å²) in [7, 11) is 1.76. The molecule has 3 rings (SSSR count). The second-order valence-electron chi connectivity index (χ2n) is 7.19. The van der Waals surface area contributed by atoms with Crippen molar-refractivity contribution in [3.8, 4) is 5.75 Å². The largest absolute Gasteiger partial charge is 0.496 e. The summed E-state index contributed by atoms with van der Waals surface area (Å²) in [5.41, 5.74) is 1.47. The maximum atomic E-state index is 5.58. The number of nitrogens with zero attached hydrogens (tertiary/aromatic N) is 1. The van der Waals surface area contributed by atoms with E-state index in [0.717, 1.165) is 30.0 Å². The van der Waals surface area contributed by atoms with Crippen molar-refractivity contribution >= 4 is 17.7 Å². The Kier molecular flexibility index (Phi) is 6.15. The number of hydrogen-bond acceptors (Lipinski definition) is 3. The molecule has 0 bridgehead atoms. The zero-order valence-corrected chi connectivity index (χ0v) is 16.5. The minimum Gasteiger partial charge on any atom is -0.496 e. The van der Waals surface area contributed by atoms with Crippen LogP contribution in [0.5, 0.6) is 5.75 Å². The van der Waals surface area contributed by atoms with Crippen LogP contribution in [-0.4, -0.2) is 43.7 Å². The van der Waals surface area contributed by atoms with Crippen LogP contribution < -0.4 is 15.4 Å². The Morgan fingerprint density at radius 2 is 2.12 bits per heavy atom. The molecule has 0 heterocycles. The van der Waals surface area contributed by atoms with Gasteiger partial charge in [-0.15, -0.1) is 0 Å². The first-order valence-electron chi connectivity index (χ1n) is 9.42. The molecule has 2 N–H and O–H groups in total. The van der Waals surface area contributed by atoms with E-state index < -0.39 is 0 Å². The van der Waals surface area contributed by atoms with E-state index in [0.29, 0.717) is 6.04 Å². The van der Waals surface area contributed by atoms with E-state index in [-0.39, 0.29) is 5.41 Å². The lowest BCUT2D eigenvalue weighted by Crippen LogP contribution is -2.43. The molecule has 25 heavy (non-hydrogen) atoms. The maximum absolute atomic E-state index is 5.58. The standard InChI is InChI=1S/C20H31N3OS/c1-4-21-19(23-15-9-10-16(13-15)25-3)22-14-20(11-12-20)17-7-5-6-8-18(17)24-2/h5-8,15-16H,4,9-14H2,1-3H3,(H2,21,22,23). The van der Waals surface area contributed by atoms with E-state index in [1.807, 2.05) is 17.8 Å². The maximum Gasteiger partial charge on any atom is 0.191 e. The average Bonchev–Trinajstić information content (AvgIpc) is 3.30. The number of methoxy groups -OCH3 is 1. The molecule has 2 aliphatic carbocycles. The molecule has 1 aromatic carbocycles. The third-order valence-electron chi connectivity index (χ3n) is 5.47. The Balaban J connectivity index is 1.67. The van der Waals surface area contributed by atoms with Gasteiger partial charge in [-0.25, -0.2) is 0 Å². The Labute approximate surface area is 156 Å². The molecule has 2 saturated carbocycles. The lowest BCUT2D eigenvalue weighted by molar-refractivity contribution is 0.404. The quantitative estimate of drug-likeness (QED) is 0.576. The highest BCUT2D eigenvalue weighted by molar-refractivity contribution is 7.99. The molecule has 1 aromatic rings. The van der Waals surface area contributed by atoms with Gasteiger partial charge in [-0.3, -0.25) is 4.99 Å². The second-order valence-corrected chi connectivity index (χ2v) is 8.33. The SMILES string of the molecule is CCNC(=NCC1(c2ccccc2OC)CC1)NC1CCC(SC)C1. The van der Waals surface area contributed by atoms with Gasteiger partial charge in [-0.2, -0.15) is 11.8 Å². The highest BCUT2D eigenvalue weighted by Crippen LogP contribution is 2.51. The normalized spacial score (nSPS) is 24.8. The van der Waals surface area contributed by atoms with E-state index in [9.17, 15) is 0 Å². The summed E-state index contributed by atoms with van der Waals surface area (Å²) in [6.45, 7) is 3.84. The van der Waals surface area contributed by atoms with Gasteiger partial charge in [0.1, 0.15) is 5.75 Å². The van der Waals surface area contributed by atoms with Crippen LogP contribution in [0.15, 0.2) is 29.3 Å². The lowest BCUT2D eigenvalue weighted by atomic mass is 9.95. The molecular weight excluding hydrogens is 330 g/mol. The van der Waals surface area contributed by atoms with Crippen molar-refractivity contribution in [2.45, 2.75) is 55.7 Å². The molecule has 0 amide bonds. The lowest BCUT2D eigenvalue weighted by Gasteiger charge is -2.20. The number of para-hydroxylation sites is 1. The fraction of sp³-hybridized carbons (Fsp3) is 0.650. The van der Waals surface area contributed by atoms with Gasteiger partial charge < -0.3 is 15.4 Å². The van der Waals surface area contributed by atoms with E-state index >= 15 is 0 Å². The van der Waals surface area contributed by atoms with E-state index in [1.54, 1.807) is 7.11 Å². The number of ether oxygens (including phenoxy) is 1. The first-order valence-corrected chi connectivity index (χ1v) is 10.7. The van der Waals surface area contributed by atoms with Gasteiger partial charge in [0, 0.05) is 28.8 Å². The summed E-state index contributed by atoms with van der Waals surface area (Å²) in [6, 6.07) is 8.95. The van der Waals surface area contributed by atoms with E-state index in [4.69, 9.17) is 9.73 Å². The number of benzene rings is 1. The van der Waals surface area contributed by atoms with Gasteiger partial charge in [0.2, 0.25) is 0 Å². The monoisotopic (exact) mass is 361 g/mol. The minimum atomic E-state index is 0.159. The summed E-state index contributed by atoms with van der Waals surface area (Å²) in [6.07, 6.45) is 8.39. The van der Waals surface area contributed by atoms with Gasteiger partial charge in [0.25, 0.3) is 0 Å². The molecule has 2 fully saturated rings. The van der Waals surface area contributed by atoms with Crippen molar-refractivity contribution < 1.29 is 4.74 Å². The first kappa shape index (κ1) is 18.4. The Morgan fingerprint density at radius 1 is 1.32 bits per heavy atom. The van der Waals surface area contributed by atoms with Crippen molar-refractivity contribution in [3.63, 3.8) is 0 Å². The van der Waals surface area contributed by atoms with Crippen LogP contribution >= 0.6 is 11.8 Å². The van der Waals surface area contributed by atoms with Gasteiger partial charge in [0.15, 0.2) is 5.96 Å². The van der Waals surface area contributed by atoms with Gasteiger partial charge in [-0.1, -0.05) is 18.2 Å². The van der Waals surface area contributed by atoms with Gasteiger partial charge >= 0.3 is 0 Å². The zero-order chi connectivity index (χ0) is 17.7. The van der Waals surface area contributed by atoms with Crippen LogP contribution in [0.4, 0.5) is 0 Å². The fourth-order valence-corrected chi connectivity index (χ4v) is 4.57. The van der Waals surface area contributed by atoms with Gasteiger partial charge in [-0.05, 0) is 51.3 Å². The van der Waals surface area contributed by atoms with Crippen LogP contribution in [-0.2, 0) is 5.41 Å². The molecule has 2 unspecified atom stereocenters. The molecule has 2 atom stereocenters. The molecule has 138 valence electrons. The third-order valence-corrected chi connectivity index (χ3v) is 6.57. The number of nitrogens with one attached hydrogen (secondary N) is 2. The Hall–Kier alpha value is -1.36. The Morgan fingerprint density at radius 3 is 2.76 bits per heavy atom. The summed E-state index contributed by atoms with van der Waals surface area (Å²) < 4.78 is 5.58. The van der Waals surface area contributed by atoms with Crippen LogP contribution in [0, 0.1) is 0 Å². The fourth-order valence-electron chi connectivity index (χ4n) is 3.78. The van der Waals surface area contributed by atoms with E-state index in [2.05, 4.69) is 42.0 Å². The van der Waals surface area contributed by atoms with Crippen molar-refractivity contribution in [2.24, 2.45) is 4.99 Å². The smallest absolute Gasteiger partial charge is 0.191 e. The number of thioether (sulfide) groups is 1. The molecule has 0 spiro atoms. The first-order chi connectivity index (χ1) is 12.2. The van der Waals surface area contributed by atoms with Crippen molar-refractivity contribution in [1.82, 2.24) is 10.6 Å². The molecule has 0 aliphatic heterocycles. The van der Waals surface area contributed by atoms with Crippen LogP contribution in [0.25, 0.3) is 0 Å². The summed E-state index contributed by atoms with van der Waals surface area (Å²) in [5.74, 6) is 1.96. The molecular formula is C20H31N3OS. The number of guanidine groups is 1. The summed E-state index contributed by atoms with van der Waals surface area (Å²) in [5, 5.41) is 7.87. The topological polar surface area (TPSA) is 45.7 Å². The van der Waals surface area contributed by atoms with Gasteiger partial charge in [0.05, 0.1) is 13.7 Å². The molecule has 2 aliphatic rings. The van der Waals surface area contributed by atoms with Crippen molar-refractivity contribution in [2.75, 3.05) is 26.5 Å². The van der Waals surface area contributed by atoms with Crippen molar-refractivity contribution in [3.05, 3.63) is 29.8 Å².